The molecule has 0 fully saturated rings. The molecule has 0 amide bonds. The van der Waals surface area contributed by atoms with Crippen LogP contribution < -0.4 is 0 Å². The Bertz CT molecular complexity index is 427. The van der Waals surface area contributed by atoms with Crippen molar-refractivity contribution in [3.05, 3.63) is 30.3 Å². The number of aliphatic imine (C=N–C) groups is 2. The van der Waals surface area contributed by atoms with Gasteiger partial charge in [0.25, 0.3) is 0 Å². The Morgan fingerprint density at radius 3 is 1.93 bits per heavy atom. The quantitative estimate of drug-likeness (QED) is 0.556. The van der Waals surface area contributed by atoms with E-state index in [2.05, 4.69) is 16.6 Å². The number of isocyanates is 2. The highest BCUT2D eigenvalue weighted by atomic mass is 16.1. The highest BCUT2D eigenvalue weighted by Gasteiger charge is 2.00. The molecule has 0 saturated heterocycles. The summed E-state index contributed by atoms with van der Waals surface area (Å²) >= 11 is 0. The standard InChI is InChI=1S/C11H8N2O2/c1-8(2)9-3-10(12-6-14)5-11(4-9)13-7-15/h3-5H,1H2,2H3. The molecular weight excluding hydrogens is 192 g/mol. The third kappa shape index (κ3) is 2.85. The van der Waals surface area contributed by atoms with E-state index < -0.39 is 0 Å². The zero-order valence-corrected chi connectivity index (χ0v) is 8.15. The minimum absolute atomic E-state index is 0.388. The highest BCUT2D eigenvalue weighted by molar-refractivity contribution is 5.70. The maximum absolute atomic E-state index is 10.1. The van der Waals surface area contributed by atoms with Gasteiger partial charge in [-0.3, -0.25) is 0 Å². The summed E-state index contributed by atoms with van der Waals surface area (Å²) in [5, 5.41) is 0. The van der Waals surface area contributed by atoms with Crippen LogP contribution in [0, 0.1) is 0 Å². The summed E-state index contributed by atoms with van der Waals surface area (Å²) in [5.74, 6) is 0. The average molecular weight is 200 g/mol. The second kappa shape index (κ2) is 4.82. The van der Waals surface area contributed by atoms with Crippen LogP contribution in [0.25, 0.3) is 5.57 Å². The predicted octanol–water partition coefficient (Wildman–Crippen LogP) is 2.65. The second-order valence-electron chi connectivity index (χ2n) is 2.92. The molecule has 0 bridgehead atoms. The highest BCUT2D eigenvalue weighted by Crippen LogP contribution is 2.26. The smallest absolute Gasteiger partial charge is 0.211 e. The molecule has 0 atom stereocenters. The van der Waals surface area contributed by atoms with Crippen molar-refractivity contribution in [1.82, 2.24) is 0 Å². The number of benzene rings is 1. The van der Waals surface area contributed by atoms with Crippen LogP contribution in [0.5, 0.6) is 0 Å². The molecular formula is C11H8N2O2. The third-order valence-electron chi connectivity index (χ3n) is 1.74. The van der Waals surface area contributed by atoms with E-state index in [1.807, 2.05) is 0 Å². The summed E-state index contributed by atoms with van der Waals surface area (Å²) in [4.78, 5) is 27.1. The minimum atomic E-state index is 0.388. The zero-order chi connectivity index (χ0) is 11.3. The lowest BCUT2D eigenvalue weighted by Gasteiger charge is -2.01. The molecule has 0 unspecified atom stereocenters. The van der Waals surface area contributed by atoms with Crippen molar-refractivity contribution >= 4 is 29.1 Å². The summed E-state index contributed by atoms with van der Waals surface area (Å²) in [5.41, 5.74) is 2.33. The summed E-state index contributed by atoms with van der Waals surface area (Å²) in [6.45, 7) is 5.55. The molecule has 0 spiro atoms. The Labute approximate surface area is 86.7 Å². The molecule has 0 aliphatic carbocycles. The molecule has 0 heterocycles. The van der Waals surface area contributed by atoms with Crippen molar-refractivity contribution < 1.29 is 9.59 Å². The number of carbonyl (C=O) groups excluding carboxylic acids is 2. The van der Waals surface area contributed by atoms with Crippen molar-refractivity contribution in [3.63, 3.8) is 0 Å². The molecule has 1 rings (SSSR count). The van der Waals surface area contributed by atoms with Crippen molar-refractivity contribution in [1.29, 1.82) is 0 Å². The molecule has 1 aromatic rings. The van der Waals surface area contributed by atoms with Gasteiger partial charge in [-0.1, -0.05) is 12.2 Å². The normalized spacial score (nSPS) is 8.60. The van der Waals surface area contributed by atoms with Gasteiger partial charge in [-0.25, -0.2) is 9.59 Å². The van der Waals surface area contributed by atoms with E-state index in [9.17, 15) is 9.59 Å². The van der Waals surface area contributed by atoms with Crippen molar-refractivity contribution in [2.75, 3.05) is 0 Å². The van der Waals surface area contributed by atoms with E-state index in [-0.39, 0.29) is 0 Å². The fourth-order valence-electron chi connectivity index (χ4n) is 1.08. The van der Waals surface area contributed by atoms with Gasteiger partial charge in [0.05, 0.1) is 11.4 Å². The lowest BCUT2D eigenvalue weighted by molar-refractivity contribution is 0.565. The summed E-state index contributed by atoms with van der Waals surface area (Å²) in [7, 11) is 0. The molecule has 0 aliphatic rings. The monoisotopic (exact) mass is 200 g/mol. The number of rotatable bonds is 3. The van der Waals surface area contributed by atoms with Crippen LogP contribution in [0.2, 0.25) is 0 Å². The van der Waals surface area contributed by atoms with Crippen LogP contribution >= 0.6 is 0 Å². The van der Waals surface area contributed by atoms with Crippen molar-refractivity contribution in [2.45, 2.75) is 6.92 Å². The van der Waals surface area contributed by atoms with Gasteiger partial charge >= 0.3 is 0 Å². The first kappa shape index (κ1) is 10.8. The first-order valence-corrected chi connectivity index (χ1v) is 4.14. The molecule has 0 aromatic heterocycles. The number of hydrogen-bond acceptors (Lipinski definition) is 4. The minimum Gasteiger partial charge on any atom is -0.211 e. The molecule has 0 radical (unpaired) electrons. The van der Waals surface area contributed by atoms with Gasteiger partial charge in [0.1, 0.15) is 0 Å². The summed E-state index contributed by atoms with van der Waals surface area (Å²) in [6, 6.07) is 4.82. The Balaban J connectivity index is 3.37. The summed E-state index contributed by atoms with van der Waals surface area (Å²) < 4.78 is 0. The van der Waals surface area contributed by atoms with E-state index in [1.54, 1.807) is 19.1 Å². The van der Waals surface area contributed by atoms with Crippen LogP contribution in [0.15, 0.2) is 34.8 Å². The number of hydrogen-bond donors (Lipinski definition) is 0. The first-order chi connectivity index (χ1) is 7.17. The predicted molar refractivity (Wildman–Crippen MR) is 56.7 cm³/mol. The van der Waals surface area contributed by atoms with E-state index in [1.165, 1.54) is 18.2 Å². The van der Waals surface area contributed by atoms with Gasteiger partial charge in [-0.05, 0) is 30.7 Å². The molecule has 4 heteroatoms. The maximum atomic E-state index is 10.1. The second-order valence-corrected chi connectivity index (χ2v) is 2.92. The Kier molecular flexibility index (Phi) is 3.47. The van der Waals surface area contributed by atoms with Gasteiger partial charge in [0.15, 0.2) is 0 Å². The SMILES string of the molecule is C=C(C)c1cc(N=C=O)cc(N=C=O)c1. The fourth-order valence-corrected chi connectivity index (χ4v) is 1.08. The zero-order valence-electron chi connectivity index (χ0n) is 8.15. The van der Waals surface area contributed by atoms with Gasteiger partial charge in [0, 0.05) is 0 Å². The Morgan fingerprint density at radius 1 is 1.13 bits per heavy atom. The van der Waals surface area contributed by atoms with E-state index >= 15 is 0 Å². The van der Waals surface area contributed by atoms with Gasteiger partial charge < -0.3 is 0 Å². The Hall–Kier alpha value is -2.28. The largest absolute Gasteiger partial charge is 0.240 e. The van der Waals surface area contributed by atoms with Crippen LogP contribution in [0.4, 0.5) is 11.4 Å². The first-order valence-electron chi connectivity index (χ1n) is 4.14. The van der Waals surface area contributed by atoms with Crippen LogP contribution in [0.3, 0.4) is 0 Å². The molecule has 0 N–H and O–H groups in total. The average Bonchev–Trinajstić information content (AvgIpc) is 2.18. The van der Waals surface area contributed by atoms with Crippen LogP contribution in [-0.4, -0.2) is 12.2 Å². The lowest BCUT2D eigenvalue weighted by atomic mass is 10.1. The van der Waals surface area contributed by atoms with Crippen LogP contribution in [0.1, 0.15) is 12.5 Å². The molecule has 15 heavy (non-hydrogen) atoms. The number of nitrogens with zero attached hydrogens (tertiary/aromatic N) is 2. The van der Waals surface area contributed by atoms with Crippen LogP contribution in [-0.2, 0) is 9.59 Å². The lowest BCUT2D eigenvalue weighted by Crippen LogP contribution is -1.77. The maximum Gasteiger partial charge on any atom is 0.240 e. The third-order valence-corrected chi connectivity index (χ3v) is 1.74. The summed E-state index contributed by atoms with van der Waals surface area (Å²) in [6.07, 6.45) is 2.85. The number of allylic oxidation sites excluding steroid dienone is 1. The Morgan fingerprint density at radius 2 is 1.60 bits per heavy atom. The van der Waals surface area contributed by atoms with Gasteiger partial charge in [-0.15, -0.1) is 0 Å². The molecule has 4 nitrogen and oxygen atoms in total. The molecule has 0 saturated carbocycles. The molecule has 1 aromatic carbocycles. The molecule has 74 valence electrons. The van der Waals surface area contributed by atoms with Gasteiger partial charge in [-0.2, -0.15) is 9.98 Å². The van der Waals surface area contributed by atoms with E-state index in [0.717, 1.165) is 11.1 Å². The fraction of sp³-hybridized carbons (Fsp3) is 0.0909. The van der Waals surface area contributed by atoms with Gasteiger partial charge in [0.2, 0.25) is 12.2 Å². The van der Waals surface area contributed by atoms with E-state index in [4.69, 9.17) is 0 Å². The molecule has 0 aliphatic heterocycles. The van der Waals surface area contributed by atoms with Crippen molar-refractivity contribution in [3.8, 4) is 0 Å². The van der Waals surface area contributed by atoms with Crippen molar-refractivity contribution in [2.24, 2.45) is 9.98 Å². The topological polar surface area (TPSA) is 58.9 Å². The van der Waals surface area contributed by atoms with E-state index in [0.29, 0.717) is 11.4 Å².